The normalized spacial score (nSPS) is 10.2. The number of hydrogen-bond acceptors (Lipinski definition) is 4. The molecule has 0 heterocycles. The zero-order valence-corrected chi connectivity index (χ0v) is 18.6. The van der Waals surface area contributed by atoms with Crippen LogP contribution in [0.4, 0.5) is 11.4 Å². The van der Waals surface area contributed by atoms with Crippen molar-refractivity contribution in [3.63, 3.8) is 0 Å². The van der Waals surface area contributed by atoms with E-state index in [9.17, 15) is 14.4 Å². The predicted molar refractivity (Wildman–Crippen MR) is 130 cm³/mol. The van der Waals surface area contributed by atoms with Gasteiger partial charge in [0.05, 0.1) is 6.54 Å². The van der Waals surface area contributed by atoms with Gasteiger partial charge < -0.3 is 21.3 Å². The summed E-state index contributed by atoms with van der Waals surface area (Å²) in [6.07, 6.45) is 0.880. The van der Waals surface area contributed by atoms with E-state index in [-0.39, 0.29) is 24.3 Å². The number of benzene rings is 3. The van der Waals surface area contributed by atoms with Gasteiger partial charge >= 0.3 is 0 Å². The predicted octanol–water partition coefficient (Wildman–Crippen LogP) is 3.81. The van der Waals surface area contributed by atoms with Crippen molar-refractivity contribution >= 4 is 29.1 Å². The summed E-state index contributed by atoms with van der Waals surface area (Å²) in [6, 6.07) is 23.4. The van der Waals surface area contributed by atoms with Gasteiger partial charge in [0.15, 0.2) is 0 Å². The van der Waals surface area contributed by atoms with E-state index in [1.165, 1.54) is 0 Å². The van der Waals surface area contributed by atoms with Crippen molar-refractivity contribution in [2.45, 2.75) is 19.9 Å². The molecule has 0 saturated heterocycles. The van der Waals surface area contributed by atoms with Crippen molar-refractivity contribution in [2.24, 2.45) is 0 Å². The third kappa shape index (κ3) is 7.50. The maximum atomic E-state index is 12.3. The van der Waals surface area contributed by atoms with Gasteiger partial charge in [0.1, 0.15) is 0 Å². The Morgan fingerprint density at radius 2 is 1.27 bits per heavy atom. The summed E-state index contributed by atoms with van der Waals surface area (Å²) in [4.78, 5) is 36.5. The first kappa shape index (κ1) is 23.5. The van der Waals surface area contributed by atoms with Gasteiger partial charge in [0.2, 0.25) is 5.91 Å². The standard InChI is InChI=1S/C26H28N4O3/c1-2-16-27-25(32)20-8-12-22(13-9-20)28-18-24(31)30-23-14-10-21(11-15-23)26(33)29-17-19-6-4-3-5-7-19/h3-15,28H,2,16-18H2,1H3,(H,27,32)(H,29,33)(H,30,31). The van der Waals surface area contributed by atoms with Crippen LogP contribution in [0.15, 0.2) is 78.9 Å². The highest BCUT2D eigenvalue weighted by atomic mass is 16.2. The molecule has 0 fully saturated rings. The fraction of sp³-hybridized carbons (Fsp3) is 0.192. The number of carbonyl (C=O) groups is 3. The van der Waals surface area contributed by atoms with E-state index in [0.717, 1.165) is 17.7 Å². The second-order valence-corrected chi connectivity index (χ2v) is 7.48. The lowest BCUT2D eigenvalue weighted by Gasteiger charge is -2.10. The van der Waals surface area contributed by atoms with Crippen molar-refractivity contribution in [2.75, 3.05) is 23.7 Å². The molecule has 0 aliphatic carbocycles. The van der Waals surface area contributed by atoms with Crippen LogP contribution in [0.3, 0.4) is 0 Å². The molecule has 0 atom stereocenters. The van der Waals surface area contributed by atoms with E-state index in [1.54, 1.807) is 48.5 Å². The molecule has 7 heteroatoms. The summed E-state index contributed by atoms with van der Waals surface area (Å²) < 4.78 is 0. The minimum atomic E-state index is -0.221. The van der Waals surface area contributed by atoms with Gasteiger partial charge in [-0.15, -0.1) is 0 Å². The van der Waals surface area contributed by atoms with Gasteiger partial charge in [-0.3, -0.25) is 14.4 Å². The fourth-order valence-electron chi connectivity index (χ4n) is 3.05. The largest absolute Gasteiger partial charge is 0.376 e. The lowest BCUT2D eigenvalue weighted by molar-refractivity contribution is -0.114. The third-order valence-corrected chi connectivity index (χ3v) is 4.86. The van der Waals surface area contributed by atoms with Crippen LogP contribution in [0.5, 0.6) is 0 Å². The molecule has 0 aliphatic heterocycles. The molecule has 170 valence electrons. The molecule has 0 aromatic heterocycles. The van der Waals surface area contributed by atoms with E-state index in [0.29, 0.717) is 29.9 Å². The highest BCUT2D eigenvalue weighted by Gasteiger charge is 2.08. The van der Waals surface area contributed by atoms with Crippen molar-refractivity contribution in [3.05, 3.63) is 95.6 Å². The van der Waals surface area contributed by atoms with E-state index < -0.39 is 0 Å². The molecule has 4 N–H and O–H groups in total. The lowest BCUT2D eigenvalue weighted by atomic mass is 10.1. The van der Waals surface area contributed by atoms with Gasteiger partial charge in [-0.1, -0.05) is 37.3 Å². The van der Waals surface area contributed by atoms with Crippen LogP contribution in [0, 0.1) is 0 Å². The summed E-state index contributed by atoms with van der Waals surface area (Å²) in [7, 11) is 0. The maximum Gasteiger partial charge on any atom is 0.251 e. The summed E-state index contributed by atoms with van der Waals surface area (Å²) in [5.74, 6) is -0.510. The number of nitrogens with one attached hydrogen (secondary N) is 4. The Bertz CT molecular complexity index is 1060. The molecular formula is C26H28N4O3. The minimum Gasteiger partial charge on any atom is -0.376 e. The molecular weight excluding hydrogens is 416 g/mol. The number of hydrogen-bond donors (Lipinski definition) is 4. The number of amides is 3. The smallest absolute Gasteiger partial charge is 0.251 e. The van der Waals surface area contributed by atoms with Crippen molar-refractivity contribution in [1.82, 2.24) is 10.6 Å². The van der Waals surface area contributed by atoms with E-state index in [4.69, 9.17) is 0 Å². The Morgan fingerprint density at radius 3 is 1.88 bits per heavy atom. The maximum absolute atomic E-state index is 12.3. The second-order valence-electron chi connectivity index (χ2n) is 7.48. The average molecular weight is 445 g/mol. The van der Waals surface area contributed by atoms with Crippen LogP contribution in [-0.2, 0) is 11.3 Å². The molecule has 3 aromatic carbocycles. The Kier molecular flexibility index (Phi) is 8.59. The molecule has 3 rings (SSSR count). The molecule has 7 nitrogen and oxygen atoms in total. The van der Waals surface area contributed by atoms with Gasteiger partial charge in [-0.25, -0.2) is 0 Å². The van der Waals surface area contributed by atoms with Gasteiger partial charge in [0, 0.05) is 35.6 Å². The molecule has 0 bridgehead atoms. The zero-order valence-electron chi connectivity index (χ0n) is 18.6. The first-order valence-electron chi connectivity index (χ1n) is 10.9. The van der Waals surface area contributed by atoms with Crippen LogP contribution in [0.1, 0.15) is 39.6 Å². The van der Waals surface area contributed by atoms with Crippen molar-refractivity contribution in [3.8, 4) is 0 Å². The minimum absolute atomic E-state index is 0.0701. The number of anilines is 2. The molecule has 0 spiro atoms. The van der Waals surface area contributed by atoms with Crippen LogP contribution >= 0.6 is 0 Å². The summed E-state index contributed by atoms with van der Waals surface area (Å²) >= 11 is 0. The van der Waals surface area contributed by atoms with Gasteiger partial charge in [-0.2, -0.15) is 0 Å². The Hall–Kier alpha value is -4.13. The topological polar surface area (TPSA) is 99.3 Å². The first-order valence-corrected chi connectivity index (χ1v) is 10.9. The number of carbonyl (C=O) groups excluding carboxylic acids is 3. The molecule has 33 heavy (non-hydrogen) atoms. The summed E-state index contributed by atoms with van der Waals surface area (Å²) in [5, 5.41) is 11.5. The molecule has 0 saturated carbocycles. The Balaban J connectivity index is 1.43. The van der Waals surface area contributed by atoms with E-state index >= 15 is 0 Å². The molecule has 0 unspecified atom stereocenters. The van der Waals surface area contributed by atoms with Crippen molar-refractivity contribution in [1.29, 1.82) is 0 Å². The monoisotopic (exact) mass is 444 g/mol. The Labute approximate surface area is 193 Å². The van der Waals surface area contributed by atoms with Crippen molar-refractivity contribution < 1.29 is 14.4 Å². The SMILES string of the molecule is CCCNC(=O)c1ccc(NCC(=O)Nc2ccc(C(=O)NCc3ccccc3)cc2)cc1. The summed E-state index contributed by atoms with van der Waals surface area (Å²) in [5.41, 5.74) is 3.46. The zero-order chi connectivity index (χ0) is 23.5. The second kappa shape index (κ2) is 12.0. The first-order chi connectivity index (χ1) is 16.0. The fourth-order valence-corrected chi connectivity index (χ4v) is 3.05. The summed E-state index contributed by atoms with van der Waals surface area (Å²) in [6.45, 7) is 3.16. The third-order valence-electron chi connectivity index (χ3n) is 4.86. The van der Waals surface area contributed by atoms with E-state index in [2.05, 4.69) is 21.3 Å². The van der Waals surface area contributed by atoms with Crippen LogP contribution < -0.4 is 21.3 Å². The van der Waals surface area contributed by atoms with Gasteiger partial charge in [-0.05, 0) is 60.5 Å². The highest BCUT2D eigenvalue weighted by molar-refractivity contribution is 5.97. The quantitative estimate of drug-likeness (QED) is 0.382. The van der Waals surface area contributed by atoms with Crippen LogP contribution in [0.25, 0.3) is 0 Å². The van der Waals surface area contributed by atoms with Crippen LogP contribution in [0.2, 0.25) is 0 Å². The molecule has 3 aromatic rings. The molecule has 0 aliphatic rings. The van der Waals surface area contributed by atoms with Crippen LogP contribution in [-0.4, -0.2) is 30.8 Å². The Morgan fingerprint density at radius 1 is 0.697 bits per heavy atom. The molecule has 3 amide bonds. The van der Waals surface area contributed by atoms with Gasteiger partial charge in [0.25, 0.3) is 11.8 Å². The molecule has 0 radical (unpaired) electrons. The lowest BCUT2D eigenvalue weighted by Crippen LogP contribution is -2.24. The highest BCUT2D eigenvalue weighted by Crippen LogP contribution is 2.12. The van der Waals surface area contributed by atoms with E-state index in [1.807, 2.05) is 37.3 Å². The average Bonchev–Trinajstić information content (AvgIpc) is 2.86. The number of rotatable bonds is 10.